The molecule has 0 radical (unpaired) electrons. The Kier molecular flexibility index (Phi) is 3.42. The first-order valence-corrected chi connectivity index (χ1v) is 6.29. The van der Waals surface area contributed by atoms with Gasteiger partial charge in [-0.15, -0.1) is 0 Å². The Hall–Kier alpha value is -2.10. The fourth-order valence-corrected chi connectivity index (χ4v) is 2.14. The zero-order chi connectivity index (χ0) is 14.2. The van der Waals surface area contributed by atoms with Gasteiger partial charge in [-0.05, 0) is 39.8 Å². The van der Waals surface area contributed by atoms with Gasteiger partial charge < -0.3 is 5.11 Å². The van der Waals surface area contributed by atoms with Crippen LogP contribution >= 0.6 is 0 Å². The number of aromatic carboxylic acids is 1. The highest BCUT2D eigenvalue weighted by Gasteiger charge is 2.18. The summed E-state index contributed by atoms with van der Waals surface area (Å²) >= 11 is 0. The number of aromatic nitrogens is 2. The minimum absolute atomic E-state index is 0.137. The van der Waals surface area contributed by atoms with E-state index in [1.165, 1.54) is 0 Å². The highest BCUT2D eigenvalue weighted by molar-refractivity contribution is 5.94. The fourth-order valence-electron chi connectivity index (χ4n) is 2.14. The molecule has 0 spiro atoms. The summed E-state index contributed by atoms with van der Waals surface area (Å²) in [6.45, 7) is 7.95. The van der Waals surface area contributed by atoms with Gasteiger partial charge in [0.2, 0.25) is 0 Å². The van der Waals surface area contributed by atoms with Crippen molar-refractivity contribution in [2.75, 3.05) is 0 Å². The number of hydrogen-bond donors (Lipinski definition) is 1. The number of hydrogen-bond acceptors (Lipinski definition) is 2. The molecule has 0 bridgehead atoms. The van der Waals surface area contributed by atoms with E-state index in [9.17, 15) is 9.90 Å². The lowest BCUT2D eigenvalue weighted by molar-refractivity contribution is 0.0697. The number of benzene rings is 1. The van der Waals surface area contributed by atoms with Crippen LogP contribution in [0.2, 0.25) is 0 Å². The molecule has 0 aliphatic rings. The van der Waals surface area contributed by atoms with Gasteiger partial charge in [0, 0.05) is 17.8 Å². The van der Waals surface area contributed by atoms with E-state index in [4.69, 9.17) is 0 Å². The van der Waals surface area contributed by atoms with Crippen molar-refractivity contribution in [1.82, 2.24) is 9.78 Å². The second kappa shape index (κ2) is 4.88. The van der Waals surface area contributed by atoms with Crippen molar-refractivity contribution in [3.63, 3.8) is 0 Å². The Morgan fingerprint density at radius 3 is 2.26 bits per heavy atom. The molecule has 0 fully saturated rings. The molecule has 0 saturated heterocycles. The van der Waals surface area contributed by atoms with Gasteiger partial charge in [0.1, 0.15) is 11.3 Å². The third-order valence-corrected chi connectivity index (χ3v) is 2.99. The second-order valence-electron chi connectivity index (χ2n) is 5.15. The summed E-state index contributed by atoms with van der Waals surface area (Å²) in [6.07, 6.45) is 1.60. The van der Waals surface area contributed by atoms with Crippen molar-refractivity contribution >= 4 is 5.97 Å². The molecule has 1 aromatic heterocycles. The molecular weight excluding hydrogens is 240 g/mol. The van der Waals surface area contributed by atoms with Gasteiger partial charge in [0.05, 0.1) is 0 Å². The van der Waals surface area contributed by atoms with Gasteiger partial charge >= 0.3 is 5.97 Å². The zero-order valence-electron chi connectivity index (χ0n) is 11.6. The highest BCUT2D eigenvalue weighted by Crippen LogP contribution is 2.25. The van der Waals surface area contributed by atoms with Crippen molar-refractivity contribution in [3.05, 3.63) is 41.1 Å². The lowest BCUT2D eigenvalue weighted by Crippen LogP contribution is -2.00. The number of carbonyl (C=O) groups is 1. The van der Waals surface area contributed by atoms with Crippen LogP contribution in [0.4, 0.5) is 0 Å². The normalized spacial score (nSPS) is 11.0. The number of carboxylic acids is 1. The Labute approximate surface area is 112 Å². The number of aryl methyl sites for hydroxylation is 2. The van der Waals surface area contributed by atoms with Crippen LogP contribution in [0.3, 0.4) is 0 Å². The van der Waals surface area contributed by atoms with Crippen LogP contribution in [0.25, 0.3) is 11.3 Å². The molecule has 0 saturated carbocycles. The van der Waals surface area contributed by atoms with Crippen LogP contribution in [-0.2, 0) is 0 Å². The molecular formula is C15H18N2O2. The second-order valence-corrected chi connectivity index (χ2v) is 5.15. The molecule has 1 N–H and O–H groups in total. The van der Waals surface area contributed by atoms with E-state index >= 15 is 0 Å². The first kappa shape index (κ1) is 13.3. The number of rotatable bonds is 3. The van der Waals surface area contributed by atoms with Crippen LogP contribution in [-0.4, -0.2) is 20.9 Å². The number of nitrogens with zero attached hydrogens (tertiary/aromatic N) is 2. The summed E-state index contributed by atoms with van der Waals surface area (Å²) < 4.78 is 1.69. The smallest absolute Gasteiger partial charge is 0.339 e. The van der Waals surface area contributed by atoms with E-state index in [1.54, 1.807) is 10.9 Å². The lowest BCUT2D eigenvalue weighted by atomic mass is 10.0. The topological polar surface area (TPSA) is 55.1 Å². The van der Waals surface area contributed by atoms with Crippen LogP contribution in [0.15, 0.2) is 24.4 Å². The van der Waals surface area contributed by atoms with Crippen molar-refractivity contribution in [3.8, 4) is 11.3 Å². The largest absolute Gasteiger partial charge is 0.478 e. The maximum Gasteiger partial charge on any atom is 0.339 e. The van der Waals surface area contributed by atoms with E-state index in [0.29, 0.717) is 5.69 Å². The Balaban J connectivity index is 2.62. The molecule has 1 heterocycles. The van der Waals surface area contributed by atoms with Crippen LogP contribution < -0.4 is 0 Å². The van der Waals surface area contributed by atoms with Gasteiger partial charge in [-0.2, -0.15) is 5.10 Å². The average Bonchev–Trinajstić information content (AvgIpc) is 2.72. The first-order chi connectivity index (χ1) is 8.88. The Morgan fingerprint density at radius 2 is 1.79 bits per heavy atom. The van der Waals surface area contributed by atoms with E-state index in [-0.39, 0.29) is 11.6 Å². The predicted octanol–water partition coefficient (Wildman–Crippen LogP) is 3.45. The molecule has 19 heavy (non-hydrogen) atoms. The number of carboxylic acid groups (broad SMARTS) is 1. The van der Waals surface area contributed by atoms with Gasteiger partial charge in [-0.1, -0.05) is 17.2 Å². The van der Waals surface area contributed by atoms with E-state index in [1.807, 2.05) is 39.8 Å². The molecule has 2 rings (SSSR count). The molecule has 4 nitrogen and oxygen atoms in total. The SMILES string of the molecule is Cc1cc(C)cc(-c2nn(C(C)C)cc2C(=O)O)c1. The summed E-state index contributed by atoms with van der Waals surface area (Å²) in [6, 6.07) is 6.13. The quantitative estimate of drug-likeness (QED) is 0.917. The molecule has 0 amide bonds. The third-order valence-electron chi connectivity index (χ3n) is 2.99. The van der Waals surface area contributed by atoms with Crippen molar-refractivity contribution in [1.29, 1.82) is 0 Å². The standard InChI is InChI=1S/C15H18N2O2/c1-9(2)17-8-13(15(18)19)14(16-17)12-6-10(3)5-11(4)7-12/h5-9H,1-4H3,(H,18,19). The molecule has 0 aliphatic carbocycles. The van der Waals surface area contributed by atoms with E-state index in [0.717, 1.165) is 16.7 Å². The van der Waals surface area contributed by atoms with Gasteiger partial charge in [0.25, 0.3) is 0 Å². The Morgan fingerprint density at radius 1 is 1.21 bits per heavy atom. The van der Waals surface area contributed by atoms with E-state index < -0.39 is 5.97 Å². The molecule has 0 aliphatic heterocycles. The lowest BCUT2D eigenvalue weighted by Gasteiger charge is -2.05. The molecule has 0 atom stereocenters. The van der Waals surface area contributed by atoms with Crippen LogP contribution in [0, 0.1) is 13.8 Å². The Bertz CT molecular complexity index is 607. The van der Waals surface area contributed by atoms with Crippen molar-refractivity contribution < 1.29 is 9.90 Å². The van der Waals surface area contributed by atoms with Gasteiger partial charge in [0.15, 0.2) is 0 Å². The maximum absolute atomic E-state index is 11.3. The third kappa shape index (κ3) is 2.67. The molecule has 2 aromatic rings. The summed E-state index contributed by atoms with van der Waals surface area (Å²) in [5.41, 5.74) is 3.84. The van der Waals surface area contributed by atoms with Gasteiger partial charge in [-0.25, -0.2) is 4.79 Å². The minimum atomic E-state index is -0.943. The molecule has 100 valence electrons. The van der Waals surface area contributed by atoms with Crippen molar-refractivity contribution in [2.45, 2.75) is 33.7 Å². The zero-order valence-corrected chi connectivity index (χ0v) is 11.6. The summed E-state index contributed by atoms with van der Waals surface area (Å²) in [5.74, 6) is -0.943. The van der Waals surface area contributed by atoms with Crippen molar-refractivity contribution in [2.24, 2.45) is 0 Å². The fraction of sp³-hybridized carbons (Fsp3) is 0.333. The summed E-state index contributed by atoms with van der Waals surface area (Å²) in [4.78, 5) is 11.3. The molecule has 4 heteroatoms. The van der Waals surface area contributed by atoms with Gasteiger partial charge in [-0.3, -0.25) is 4.68 Å². The minimum Gasteiger partial charge on any atom is -0.478 e. The molecule has 1 aromatic carbocycles. The average molecular weight is 258 g/mol. The summed E-state index contributed by atoms with van der Waals surface area (Å²) in [7, 11) is 0. The van der Waals surface area contributed by atoms with Crippen LogP contribution in [0.5, 0.6) is 0 Å². The first-order valence-electron chi connectivity index (χ1n) is 6.29. The maximum atomic E-state index is 11.3. The predicted molar refractivity (Wildman–Crippen MR) is 74.5 cm³/mol. The highest BCUT2D eigenvalue weighted by atomic mass is 16.4. The summed E-state index contributed by atoms with van der Waals surface area (Å²) in [5, 5.41) is 13.7. The van der Waals surface area contributed by atoms with Crippen LogP contribution in [0.1, 0.15) is 41.4 Å². The van der Waals surface area contributed by atoms with E-state index in [2.05, 4.69) is 11.2 Å². The molecule has 0 unspecified atom stereocenters. The monoisotopic (exact) mass is 258 g/mol.